The number of carbonyl (C=O) groups excluding carboxylic acids is 2. The van der Waals surface area contributed by atoms with E-state index in [4.69, 9.17) is 5.73 Å². The maximum Gasteiger partial charge on any atom is 0.271 e. The first-order valence-corrected chi connectivity index (χ1v) is 6.20. The van der Waals surface area contributed by atoms with Crippen molar-refractivity contribution in [1.82, 2.24) is 9.88 Å². The number of hydrogen-bond acceptors (Lipinski definition) is 7. The lowest BCUT2D eigenvalue weighted by molar-refractivity contribution is -0.384. The number of carbonyl (C=O) groups is 2. The lowest BCUT2D eigenvalue weighted by Gasteiger charge is -2.12. The molecule has 116 valence electrons. The van der Waals surface area contributed by atoms with Crippen molar-refractivity contribution in [3.05, 3.63) is 55.9 Å². The fourth-order valence-corrected chi connectivity index (χ4v) is 2.33. The number of fused-ring (bicyclic) bond motifs is 1. The summed E-state index contributed by atoms with van der Waals surface area (Å²) in [5, 5.41) is 22.7. The number of anilines is 1. The Balaban J connectivity index is 2.35. The number of amides is 2. The molecule has 1 aliphatic rings. The van der Waals surface area contributed by atoms with Crippen molar-refractivity contribution in [2.75, 3.05) is 5.73 Å². The Morgan fingerprint density at radius 2 is 1.87 bits per heavy atom. The van der Waals surface area contributed by atoms with Crippen molar-refractivity contribution in [2.24, 2.45) is 0 Å². The normalized spacial score (nSPS) is 12.9. The Hall–Kier alpha value is -3.69. The van der Waals surface area contributed by atoms with Gasteiger partial charge < -0.3 is 10.8 Å². The highest BCUT2D eigenvalue weighted by Crippen LogP contribution is 2.29. The van der Waals surface area contributed by atoms with Crippen LogP contribution in [0.1, 0.15) is 20.7 Å². The topological polar surface area (TPSA) is 158 Å². The minimum Gasteiger partial charge on any atom is -0.506 e. The molecule has 10 heteroatoms. The third kappa shape index (κ3) is 2.00. The average molecular weight is 316 g/mol. The lowest BCUT2D eigenvalue weighted by atomic mass is 10.1. The molecule has 1 aromatic heterocycles. The maximum absolute atomic E-state index is 12.2. The summed E-state index contributed by atoms with van der Waals surface area (Å²) >= 11 is 0. The highest BCUT2D eigenvalue weighted by Gasteiger charge is 2.32. The summed E-state index contributed by atoms with van der Waals surface area (Å²) in [4.78, 5) is 45.6. The van der Waals surface area contributed by atoms with Gasteiger partial charge in [-0.1, -0.05) is 0 Å². The van der Waals surface area contributed by atoms with Crippen LogP contribution in [0.2, 0.25) is 0 Å². The highest BCUT2D eigenvalue weighted by atomic mass is 16.6. The SMILES string of the molecule is Nc1c2c(cc(=O)n1-c1cc([N+](=O)[O-])ccc1O)C(=O)NC2=O. The molecule has 0 radical (unpaired) electrons. The number of nitrogens with two attached hydrogens (primary N) is 1. The van der Waals surface area contributed by atoms with Crippen molar-refractivity contribution >= 4 is 23.3 Å². The molecule has 23 heavy (non-hydrogen) atoms. The van der Waals surface area contributed by atoms with Gasteiger partial charge in [0.1, 0.15) is 11.6 Å². The van der Waals surface area contributed by atoms with Crippen molar-refractivity contribution in [3.8, 4) is 11.4 Å². The van der Waals surface area contributed by atoms with Crippen LogP contribution in [0.5, 0.6) is 5.75 Å². The average Bonchev–Trinajstić information content (AvgIpc) is 2.75. The van der Waals surface area contributed by atoms with Gasteiger partial charge in [-0.25, -0.2) is 0 Å². The molecule has 0 saturated carbocycles. The molecule has 2 aromatic rings. The Bertz CT molecular complexity index is 962. The number of nitro groups is 1. The molecular weight excluding hydrogens is 308 g/mol. The predicted molar refractivity (Wildman–Crippen MR) is 76.6 cm³/mol. The van der Waals surface area contributed by atoms with Gasteiger partial charge in [-0.3, -0.25) is 34.4 Å². The van der Waals surface area contributed by atoms with Crippen LogP contribution in [0.4, 0.5) is 11.5 Å². The Labute approximate surface area is 126 Å². The van der Waals surface area contributed by atoms with E-state index in [1.807, 2.05) is 5.32 Å². The van der Waals surface area contributed by atoms with Gasteiger partial charge in [0, 0.05) is 18.2 Å². The number of pyridine rings is 1. The first-order valence-electron chi connectivity index (χ1n) is 6.20. The quantitative estimate of drug-likeness (QED) is 0.397. The summed E-state index contributed by atoms with van der Waals surface area (Å²) in [6, 6.07) is 3.89. The van der Waals surface area contributed by atoms with Gasteiger partial charge in [-0.2, -0.15) is 0 Å². The second-order valence-electron chi connectivity index (χ2n) is 4.71. The zero-order valence-corrected chi connectivity index (χ0v) is 11.3. The molecule has 0 fully saturated rings. The molecule has 0 bridgehead atoms. The number of nitrogen functional groups attached to an aromatic ring is 1. The van der Waals surface area contributed by atoms with Gasteiger partial charge in [-0.05, 0) is 6.07 Å². The number of phenols is 1. The second kappa shape index (κ2) is 4.66. The van der Waals surface area contributed by atoms with Crippen molar-refractivity contribution in [1.29, 1.82) is 0 Å². The molecule has 1 aliphatic heterocycles. The number of benzene rings is 1. The summed E-state index contributed by atoms with van der Waals surface area (Å²) < 4.78 is 0.735. The van der Waals surface area contributed by atoms with Gasteiger partial charge in [0.15, 0.2) is 0 Å². The number of nitro benzene ring substituents is 1. The zero-order chi connectivity index (χ0) is 16.9. The monoisotopic (exact) mass is 316 g/mol. The number of nitrogens with one attached hydrogen (secondary N) is 1. The molecule has 0 saturated heterocycles. The van der Waals surface area contributed by atoms with E-state index in [2.05, 4.69) is 0 Å². The lowest BCUT2D eigenvalue weighted by Crippen LogP contribution is -2.24. The zero-order valence-electron chi connectivity index (χ0n) is 11.3. The van der Waals surface area contributed by atoms with Gasteiger partial charge >= 0.3 is 0 Å². The molecule has 2 amide bonds. The molecule has 2 heterocycles. The van der Waals surface area contributed by atoms with Crippen LogP contribution in [0, 0.1) is 10.1 Å². The van der Waals surface area contributed by atoms with Crippen LogP contribution in [0.3, 0.4) is 0 Å². The highest BCUT2D eigenvalue weighted by molar-refractivity contribution is 6.23. The van der Waals surface area contributed by atoms with Crippen molar-refractivity contribution in [2.45, 2.75) is 0 Å². The van der Waals surface area contributed by atoms with E-state index in [1.54, 1.807) is 0 Å². The van der Waals surface area contributed by atoms with Crippen molar-refractivity contribution in [3.63, 3.8) is 0 Å². The van der Waals surface area contributed by atoms with Crippen LogP contribution >= 0.6 is 0 Å². The van der Waals surface area contributed by atoms with Crippen molar-refractivity contribution < 1.29 is 19.6 Å². The fourth-order valence-electron chi connectivity index (χ4n) is 2.33. The third-order valence-electron chi connectivity index (χ3n) is 3.36. The van der Waals surface area contributed by atoms with Gasteiger partial charge in [-0.15, -0.1) is 0 Å². The van der Waals surface area contributed by atoms with E-state index < -0.39 is 33.9 Å². The van der Waals surface area contributed by atoms with Gasteiger partial charge in [0.2, 0.25) is 0 Å². The molecular formula is C13H8N4O6. The first kappa shape index (κ1) is 14.3. The smallest absolute Gasteiger partial charge is 0.271 e. The number of aromatic nitrogens is 1. The predicted octanol–water partition coefficient (Wildman–Crippen LogP) is -0.0829. The number of phenolic OH excluding ortho intramolecular Hbond substituents is 1. The van der Waals surface area contributed by atoms with Crippen LogP contribution in [-0.2, 0) is 0 Å². The summed E-state index contributed by atoms with van der Waals surface area (Å²) in [6.07, 6.45) is 0. The Kier molecular flexibility index (Phi) is 2.89. The van der Waals surface area contributed by atoms with Crippen LogP contribution in [0.25, 0.3) is 5.69 Å². The summed E-state index contributed by atoms with van der Waals surface area (Å²) in [7, 11) is 0. The maximum atomic E-state index is 12.2. The summed E-state index contributed by atoms with van der Waals surface area (Å²) in [5.74, 6) is -2.40. The number of aromatic hydroxyl groups is 1. The standard InChI is InChI=1S/C13H8N4O6/c14-11-10-6(12(20)15-13(10)21)4-9(19)16(11)7-3-5(17(22)23)1-2-8(7)18/h1-4,18H,14H2,(H,15,20,21). The number of nitrogens with zero attached hydrogens (tertiary/aromatic N) is 2. The molecule has 0 spiro atoms. The minimum atomic E-state index is -0.818. The summed E-state index contributed by atoms with van der Waals surface area (Å²) in [6.45, 7) is 0. The fraction of sp³-hybridized carbons (Fsp3) is 0. The molecule has 0 aliphatic carbocycles. The van der Waals surface area contributed by atoms with E-state index in [9.17, 15) is 29.6 Å². The van der Waals surface area contributed by atoms with E-state index >= 15 is 0 Å². The van der Waals surface area contributed by atoms with E-state index in [0.29, 0.717) is 0 Å². The largest absolute Gasteiger partial charge is 0.506 e. The number of non-ortho nitro benzene ring substituents is 1. The minimum absolute atomic E-state index is 0.182. The van der Waals surface area contributed by atoms with Gasteiger partial charge in [0.25, 0.3) is 23.1 Å². The van der Waals surface area contributed by atoms with Crippen LogP contribution in [0.15, 0.2) is 29.1 Å². The van der Waals surface area contributed by atoms with E-state index in [0.717, 1.165) is 28.8 Å². The molecule has 1 aromatic carbocycles. The summed E-state index contributed by atoms with van der Waals surface area (Å²) in [5.41, 5.74) is 3.91. The van der Waals surface area contributed by atoms with E-state index in [1.165, 1.54) is 0 Å². The van der Waals surface area contributed by atoms with Gasteiger partial charge in [0.05, 0.1) is 21.7 Å². The van der Waals surface area contributed by atoms with E-state index in [-0.39, 0.29) is 22.5 Å². The second-order valence-corrected chi connectivity index (χ2v) is 4.71. The molecule has 3 rings (SSSR count). The molecule has 0 unspecified atom stereocenters. The third-order valence-corrected chi connectivity index (χ3v) is 3.36. The Morgan fingerprint density at radius 3 is 2.52 bits per heavy atom. The number of hydrogen-bond donors (Lipinski definition) is 3. The Morgan fingerprint density at radius 1 is 1.17 bits per heavy atom. The van der Waals surface area contributed by atoms with Crippen LogP contribution in [-0.4, -0.2) is 26.4 Å². The number of imide groups is 1. The molecule has 0 atom stereocenters. The molecule has 4 N–H and O–H groups in total. The van der Waals surface area contributed by atoms with Crippen LogP contribution < -0.4 is 16.6 Å². The molecule has 10 nitrogen and oxygen atoms in total. The number of rotatable bonds is 2. The first-order chi connectivity index (χ1) is 10.8.